The van der Waals surface area contributed by atoms with Gasteiger partial charge in [-0.2, -0.15) is 0 Å². The number of hydrogen-bond donors (Lipinski definition) is 1. The van der Waals surface area contributed by atoms with E-state index in [0.29, 0.717) is 12.5 Å². The maximum absolute atomic E-state index is 12.3. The van der Waals surface area contributed by atoms with Crippen LogP contribution in [0.3, 0.4) is 0 Å². The molecule has 2 rings (SSSR count). The van der Waals surface area contributed by atoms with Gasteiger partial charge >= 0.3 is 0 Å². The van der Waals surface area contributed by atoms with Gasteiger partial charge in [0.1, 0.15) is 5.75 Å². The molecule has 1 aromatic carbocycles. The summed E-state index contributed by atoms with van der Waals surface area (Å²) in [5.74, 6) is 1.70. The third kappa shape index (κ3) is 4.73. The van der Waals surface area contributed by atoms with Gasteiger partial charge in [-0.3, -0.25) is 9.69 Å². The monoisotopic (exact) mass is 304 g/mol. The highest BCUT2D eigenvalue weighted by atomic mass is 16.5. The van der Waals surface area contributed by atoms with Crippen LogP contribution in [0.4, 0.5) is 0 Å². The van der Waals surface area contributed by atoms with E-state index in [4.69, 9.17) is 4.74 Å². The Bertz CT molecular complexity index is 472. The molecule has 0 spiro atoms. The zero-order valence-electron chi connectivity index (χ0n) is 14.0. The van der Waals surface area contributed by atoms with Crippen molar-refractivity contribution in [2.75, 3.05) is 26.7 Å². The van der Waals surface area contributed by atoms with Crippen LogP contribution in [0.5, 0.6) is 5.75 Å². The highest BCUT2D eigenvalue weighted by molar-refractivity contribution is 5.81. The Morgan fingerprint density at radius 3 is 2.77 bits per heavy atom. The Hall–Kier alpha value is -1.55. The van der Waals surface area contributed by atoms with Crippen LogP contribution in [-0.2, 0) is 11.2 Å². The summed E-state index contributed by atoms with van der Waals surface area (Å²) < 4.78 is 5.14. The van der Waals surface area contributed by atoms with Gasteiger partial charge in [0.15, 0.2) is 0 Å². The van der Waals surface area contributed by atoms with Gasteiger partial charge in [-0.15, -0.1) is 0 Å². The number of methoxy groups -OCH3 is 1. The molecule has 0 saturated carbocycles. The largest absolute Gasteiger partial charge is 0.497 e. The Morgan fingerprint density at radius 2 is 2.14 bits per heavy atom. The average Bonchev–Trinajstić information content (AvgIpc) is 2.54. The van der Waals surface area contributed by atoms with Crippen LogP contribution < -0.4 is 10.1 Å². The summed E-state index contributed by atoms with van der Waals surface area (Å²) in [4.78, 5) is 14.6. The molecule has 1 N–H and O–H groups in total. The van der Waals surface area contributed by atoms with E-state index in [-0.39, 0.29) is 11.9 Å². The van der Waals surface area contributed by atoms with Gasteiger partial charge in [-0.25, -0.2) is 0 Å². The van der Waals surface area contributed by atoms with Gasteiger partial charge in [-0.05, 0) is 56.3 Å². The molecule has 2 unspecified atom stereocenters. The normalized spacial score (nSPS) is 20.4. The minimum absolute atomic E-state index is 0.0291. The molecule has 0 aromatic heterocycles. The molecule has 1 saturated heterocycles. The second kappa shape index (κ2) is 8.18. The summed E-state index contributed by atoms with van der Waals surface area (Å²) in [6.07, 6.45) is 3.33. The summed E-state index contributed by atoms with van der Waals surface area (Å²) in [5.41, 5.74) is 1.21. The molecule has 1 aromatic rings. The Morgan fingerprint density at radius 1 is 1.41 bits per heavy atom. The minimum atomic E-state index is -0.0291. The second-order valence-corrected chi connectivity index (χ2v) is 6.31. The molecule has 4 nitrogen and oxygen atoms in total. The first-order chi connectivity index (χ1) is 10.6. The lowest BCUT2D eigenvalue weighted by atomic mass is 9.99. The number of carbonyl (C=O) groups excluding carboxylic acids is 1. The number of piperidine rings is 1. The lowest BCUT2D eigenvalue weighted by Gasteiger charge is -2.34. The van der Waals surface area contributed by atoms with Crippen molar-refractivity contribution in [2.24, 2.45) is 5.92 Å². The van der Waals surface area contributed by atoms with E-state index in [9.17, 15) is 4.79 Å². The van der Waals surface area contributed by atoms with Crippen LogP contribution in [0.25, 0.3) is 0 Å². The first kappa shape index (κ1) is 16.8. The zero-order valence-corrected chi connectivity index (χ0v) is 14.0. The van der Waals surface area contributed by atoms with Crippen LogP contribution in [0.15, 0.2) is 24.3 Å². The van der Waals surface area contributed by atoms with Gasteiger partial charge in [0.2, 0.25) is 5.91 Å². The van der Waals surface area contributed by atoms with Crippen LogP contribution in [-0.4, -0.2) is 43.6 Å². The van der Waals surface area contributed by atoms with Gasteiger partial charge in [0.25, 0.3) is 0 Å². The van der Waals surface area contributed by atoms with E-state index in [1.165, 1.54) is 18.4 Å². The summed E-state index contributed by atoms with van der Waals surface area (Å²) in [7, 11) is 1.66. The molecule has 0 radical (unpaired) electrons. The zero-order chi connectivity index (χ0) is 15.9. The number of likely N-dealkylation sites (tertiary alicyclic amines) is 1. The Kier molecular flexibility index (Phi) is 6.25. The molecule has 0 aliphatic carbocycles. The van der Waals surface area contributed by atoms with E-state index >= 15 is 0 Å². The standard InChI is InChI=1S/C18H28N2O2/c1-14-5-4-12-20(13-14)15(2)18(21)19-11-10-16-6-8-17(22-3)9-7-16/h6-9,14-15H,4-5,10-13H2,1-3H3,(H,19,21). The van der Waals surface area contributed by atoms with Gasteiger partial charge in [0, 0.05) is 13.1 Å². The lowest BCUT2D eigenvalue weighted by molar-refractivity contribution is -0.126. The number of carbonyl (C=O) groups is 1. The van der Waals surface area contributed by atoms with E-state index in [0.717, 1.165) is 25.3 Å². The number of benzene rings is 1. The van der Waals surface area contributed by atoms with Gasteiger partial charge < -0.3 is 10.1 Å². The fourth-order valence-corrected chi connectivity index (χ4v) is 3.01. The molecule has 2 atom stereocenters. The van der Waals surface area contributed by atoms with Crippen LogP contribution in [0.1, 0.15) is 32.3 Å². The third-order valence-corrected chi connectivity index (χ3v) is 4.49. The molecule has 122 valence electrons. The van der Waals surface area contributed by atoms with E-state index < -0.39 is 0 Å². The fourth-order valence-electron chi connectivity index (χ4n) is 3.01. The molecule has 1 amide bonds. The lowest BCUT2D eigenvalue weighted by Crippen LogP contribution is -2.49. The van der Waals surface area contributed by atoms with E-state index in [2.05, 4.69) is 17.1 Å². The number of nitrogens with one attached hydrogen (secondary N) is 1. The van der Waals surface area contributed by atoms with Crippen molar-refractivity contribution < 1.29 is 9.53 Å². The quantitative estimate of drug-likeness (QED) is 0.878. The van der Waals surface area contributed by atoms with E-state index in [1.807, 2.05) is 31.2 Å². The van der Waals surface area contributed by atoms with Crippen molar-refractivity contribution in [1.29, 1.82) is 0 Å². The summed E-state index contributed by atoms with van der Waals surface area (Å²) >= 11 is 0. The van der Waals surface area contributed by atoms with Crippen molar-refractivity contribution >= 4 is 5.91 Å². The molecule has 1 aliphatic rings. The predicted octanol–water partition coefficient (Wildman–Crippen LogP) is 2.47. The molecule has 1 heterocycles. The first-order valence-corrected chi connectivity index (χ1v) is 8.25. The van der Waals surface area contributed by atoms with Crippen molar-refractivity contribution in [2.45, 2.75) is 39.2 Å². The number of nitrogens with zero attached hydrogens (tertiary/aromatic N) is 1. The molecule has 1 aliphatic heterocycles. The predicted molar refractivity (Wildman–Crippen MR) is 89.1 cm³/mol. The molecular weight excluding hydrogens is 276 g/mol. The molecule has 0 bridgehead atoms. The Labute approximate surface area is 133 Å². The molecule has 1 fully saturated rings. The highest BCUT2D eigenvalue weighted by Crippen LogP contribution is 2.17. The number of hydrogen-bond acceptors (Lipinski definition) is 3. The second-order valence-electron chi connectivity index (χ2n) is 6.31. The van der Waals surface area contributed by atoms with Gasteiger partial charge in [0.05, 0.1) is 13.2 Å². The third-order valence-electron chi connectivity index (χ3n) is 4.49. The van der Waals surface area contributed by atoms with E-state index in [1.54, 1.807) is 7.11 Å². The fraction of sp³-hybridized carbons (Fsp3) is 0.611. The number of rotatable bonds is 6. The van der Waals surface area contributed by atoms with Crippen LogP contribution in [0, 0.1) is 5.92 Å². The number of amides is 1. The van der Waals surface area contributed by atoms with Crippen LogP contribution in [0.2, 0.25) is 0 Å². The van der Waals surface area contributed by atoms with Crippen molar-refractivity contribution in [3.8, 4) is 5.75 Å². The smallest absolute Gasteiger partial charge is 0.237 e. The molecule has 22 heavy (non-hydrogen) atoms. The summed E-state index contributed by atoms with van der Waals surface area (Å²) in [6.45, 7) is 7.03. The minimum Gasteiger partial charge on any atom is -0.497 e. The highest BCUT2D eigenvalue weighted by Gasteiger charge is 2.25. The molecular formula is C18H28N2O2. The van der Waals surface area contributed by atoms with Crippen LogP contribution >= 0.6 is 0 Å². The van der Waals surface area contributed by atoms with Crippen molar-refractivity contribution in [3.05, 3.63) is 29.8 Å². The van der Waals surface area contributed by atoms with Crippen molar-refractivity contribution in [1.82, 2.24) is 10.2 Å². The number of ether oxygens (including phenoxy) is 1. The van der Waals surface area contributed by atoms with Gasteiger partial charge in [-0.1, -0.05) is 19.1 Å². The maximum Gasteiger partial charge on any atom is 0.237 e. The maximum atomic E-state index is 12.3. The van der Waals surface area contributed by atoms with Crippen molar-refractivity contribution in [3.63, 3.8) is 0 Å². The summed E-state index contributed by atoms with van der Waals surface area (Å²) in [6, 6.07) is 7.96. The first-order valence-electron chi connectivity index (χ1n) is 8.25. The topological polar surface area (TPSA) is 41.6 Å². The summed E-state index contributed by atoms with van der Waals surface area (Å²) in [5, 5.41) is 3.06. The average molecular weight is 304 g/mol. The Balaban J connectivity index is 1.74. The molecule has 4 heteroatoms. The SMILES string of the molecule is COc1ccc(CCNC(=O)C(C)N2CCCC(C)C2)cc1.